The first kappa shape index (κ1) is 30.4. The fraction of sp³-hybridized carbons (Fsp3) is 0.192. The molecule has 2 N–H and O–H groups in total. The Labute approximate surface area is 233 Å². The van der Waals surface area contributed by atoms with E-state index in [1.54, 1.807) is 24.3 Å². The van der Waals surface area contributed by atoms with Crippen LogP contribution in [0, 0.1) is 0 Å². The minimum atomic E-state index is -4.82. The topological polar surface area (TPSA) is 117 Å². The number of amides is 2. The van der Waals surface area contributed by atoms with Crippen molar-refractivity contribution >= 4 is 45.3 Å². The van der Waals surface area contributed by atoms with E-state index < -0.39 is 39.2 Å². The molecule has 3 rings (SSSR count). The Kier molecular flexibility index (Phi) is 10.1. The van der Waals surface area contributed by atoms with Crippen LogP contribution in [-0.4, -0.2) is 45.9 Å². The molecule has 0 aliphatic rings. The van der Waals surface area contributed by atoms with Crippen LogP contribution in [-0.2, 0) is 32.3 Å². The average Bonchev–Trinajstić information content (AvgIpc) is 2.90. The average molecular weight is 597 g/mol. The van der Waals surface area contributed by atoms with Crippen molar-refractivity contribution < 1.29 is 35.9 Å². The summed E-state index contributed by atoms with van der Waals surface area (Å²) in [5.74, 6) is -0.777. The Morgan fingerprint density at radius 2 is 1.70 bits per heavy atom. The zero-order valence-corrected chi connectivity index (χ0v) is 22.6. The van der Waals surface area contributed by atoms with Crippen LogP contribution in [0.15, 0.2) is 77.9 Å². The van der Waals surface area contributed by atoms with E-state index in [2.05, 4.69) is 15.8 Å². The number of anilines is 1. The molecule has 0 saturated heterocycles. The largest absolute Gasteiger partial charge is 0.484 e. The molecule has 0 atom stereocenters. The molecule has 9 nitrogen and oxygen atoms in total. The SMILES string of the molecule is CS(=O)(=O)N(CC(=O)N/N=C\c1ccc(OCC(=O)NCc2ccccc2)cc1)c1ccc(Cl)c(C(F)(F)F)c1. The number of sulfonamides is 1. The van der Waals surface area contributed by atoms with Crippen molar-refractivity contribution in [1.82, 2.24) is 10.7 Å². The lowest BCUT2D eigenvalue weighted by Crippen LogP contribution is -2.39. The molecule has 2 amide bonds. The van der Waals surface area contributed by atoms with Gasteiger partial charge in [0.1, 0.15) is 12.3 Å². The van der Waals surface area contributed by atoms with E-state index in [1.165, 1.54) is 6.21 Å². The molecule has 0 aliphatic heterocycles. The zero-order chi connectivity index (χ0) is 29.3. The van der Waals surface area contributed by atoms with Crippen LogP contribution in [0.25, 0.3) is 0 Å². The quantitative estimate of drug-likeness (QED) is 0.257. The highest BCUT2D eigenvalue weighted by Gasteiger charge is 2.34. The summed E-state index contributed by atoms with van der Waals surface area (Å²) in [6.07, 6.45) is -2.80. The van der Waals surface area contributed by atoms with Crippen LogP contribution < -0.4 is 19.8 Å². The molecule has 0 aliphatic carbocycles. The number of benzene rings is 3. The van der Waals surface area contributed by atoms with Crippen molar-refractivity contribution in [2.24, 2.45) is 5.10 Å². The molecule has 0 radical (unpaired) electrons. The second-order valence-corrected chi connectivity index (χ2v) is 10.7. The van der Waals surface area contributed by atoms with Gasteiger partial charge in [-0.3, -0.25) is 13.9 Å². The first-order valence-electron chi connectivity index (χ1n) is 11.5. The molecule has 0 saturated carbocycles. The summed E-state index contributed by atoms with van der Waals surface area (Å²) >= 11 is 5.60. The van der Waals surface area contributed by atoms with E-state index in [0.29, 0.717) is 28.2 Å². The third-order valence-corrected chi connectivity index (χ3v) is 6.69. The molecule has 40 heavy (non-hydrogen) atoms. The number of nitrogens with one attached hydrogen (secondary N) is 2. The number of alkyl halides is 3. The van der Waals surface area contributed by atoms with E-state index in [4.69, 9.17) is 16.3 Å². The van der Waals surface area contributed by atoms with E-state index in [-0.39, 0.29) is 18.2 Å². The Morgan fingerprint density at radius 3 is 2.33 bits per heavy atom. The van der Waals surface area contributed by atoms with Crippen LogP contribution in [0.5, 0.6) is 5.75 Å². The summed E-state index contributed by atoms with van der Waals surface area (Å²) in [6, 6.07) is 18.3. The second-order valence-electron chi connectivity index (χ2n) is 8.34. The third kappa shape index (κ3) is 9.27. The fourth-order valence-electron chi connectivity index (χ4n) is 3.28. The van der Waals surface area contributed by atoms with Gasteiger partial charge >= 0.3 is 6.18 Å². The number of nitrogens with zero attached hydrogens (tertiary/aromatic N) is 2. The van der Waals surface area contributed by atoms with Crippen molar-refractivity contribution in [2.45, 2.75) is 12.7 Å². The number of hydrogen-bond acceptors (Lipinski definition) is 6. The van der Waals surface area contributed by atoms with Gasteiger partial charge in [0.15, 0.2) is 6.61 Å². The van der Waals surface area contributed by atoms with Gasteiger partial charge in [-0.15, -0.1) is 0 Å². The summed E-state index contributed by atoms with van der Waals surface area (Å²) in [6.45, 7) is -0.639. The molecular weight excluding hydrogens is 573 g/mol. The lowest BCUT2D eigenvalue weighted by Gasteiger charge is -2.22. The number of rotatable bonds is 11. The molecule has 0 aromatic heterocycles. The van der Waals surface area contributed by atoms with E-state index in [1.807, 2.05) is 30.3 Å². The van der Waals surface area contributed by atoms with Crippen LogP contribution in [0.1, 0.15) is 16.7 Å². The standard InChI is InChI=1S/C26H24ClF3N4O5S/c1-40(37,38)34(20-9-12-23(27)22(13-20)26(28,29)30)16-24(35)33-32-15-19-7-10-21(11-8-19)39-17-25(36)31-14-18-5-3-2-4-6-18/h2-13,15H,14,16-17H2,1H3,(H,31,36)(H,33,35)/b32-15-. The minimum Gasteiger partial charge on any atom is -0.484 e. The molecular formula is C26H24ClF3N4O5S. The highest BCUT2D eigenvalue weighted by Crippen LogP contribution is 2.37. The van der Waals surface area contributed by atoms with Crippen molar-refractivity contribution in [3.8, 4) is 5.75 Å². The first-order chi connectivity index (χ1) is 18.8. The Bertz CT molecular complexity index is 1470. The summed E-state index contributed by atoms with van der Waals surface area (Å²) < 4.78 is 69.9. The van der Waals surface area contributed by atoms with Gasteiger partial charge in [0.25, 0.3) is 11.8 Å². The molecule has 14 heteroatoms. The summed E-state index contributed by atoms with van der Waals surface area (Å²) in [4.78, 5) is 24.3. The molecule has 0 heterocycles. The van der Waals surface area contributed by atoms with Gasteiger partial charge in [0.2, 0.25) is 10.0 Å². The monoisotopic (exact) mass is 596 g/mol. The van der Waals surface area contributed by atoms with E-state index >= 15 is 0 Å². The normalized spacial score (nSPS) is 11.7. The molecule has 3 aromatic rings. The van der Waals surface area contributed by atoms with Gasteiger partial charge in [0, 0.05) is 6.54 Å². The summed E-state index contributed by atoms with van der Waals surface area (Å²) in [7, 11) is -4.13. The van der Waals surface area contributed by atoms with Crippen LogP contribution >= 0.6 is 11.6 Å². The van der Waals surface area contributed by atoms with Crippen LogP contribution in [0.3, 0.4) is 0 Å². The minimum absolute atomic E-state index is 0.189. The second kappa shape index (κ2) is 13.3. The lowest BCUT2D eigenvalue weighted by molar-refractivity contribution is -0.137. The van der Waals surface area contributed by atoms with Crippen molar-refractivity contribution in [2.75, 3.05) is 23.7 Å². The van der Waals surface area contributed by atoms with E-state index in [0.717, 1.165) is 24.0 Å². The van der Waals surface area contributed by atoms with Crippen molar-refractivity contribution in [3.63, 3.8) is 0 Å². The Morgan fingerprint density at radius 1 is 1.02 bits per heavy atom. The van der Waals surface area contributed by atoms with Gasteiger partial charge in [-0.05, 0) is 53.6 Å². The molecule has 3 aromatic carbocycles. The fourth-order valence-corrected chi connectivity index (χ4v) is 4.35. The Balaban J connectivity index is 1.53. The molecule has 212 valence electrons. The first-order valence-corrected chi connectivity index (χ1v) is 13.8. The highest BCUT2D eigenvalue weighted by molar-refractivity contribution is 7.92. The van der Waals surface area contributed by atoms with Gasteiger partial charge < -0.3 is 10.1 Å². The number of ether oxygens (including phenoxy) is 1. The number of hydrazone groups is 1. The number of hydrogen-bond donors (Lipinski definition) is 2. The Hall–Kier alpha value is -4.10. The van der Waals surface area contributed by atoms with Crippen LogP contribution in [0.2, 0.25) is 5.02 Å². The van der Waals surface area contributed by atoms with Crippen molar-refractivity contribution in [1.29, 1.82) is 0 Å². The molecule has 0 fully saturated rings. The third-order valence-electron chi connectivity index (χ3n) is 5.22. The van der Waals surface area contributed by atoms with Gasteiger partial charge in [0.05, 0.1) is 28.7 Å². The molecule has 0 bridgehead atoms. The highest BCUT2D eigenvalue weighted by atomic mass is 35.5. The summed E-state index contributed by atoms with van der Waals surface area (Å²) in [5.41, 5.74) is 2.00. The smallest absolute Gasteiger partial charge is 0.417 e. The number of halogens is 4. The number of carbonyl (C=O) groups is 2. The maximum Gasteiger partial charge on any atom is 0.417 e. The molecule has 0 spiro atoms. The van der Waals surface area contributed by atoms with Gasteiger partial charge in [-0.1, -0.05) is 41.9 Å². The number of carbonyl (C=O) groups excluding carboxylic acids is 2. The predicted octanol–water partition coefficient (Wildman–Crippen LogP) is 3.97. The van der Waals surface area contributed by atoms with Gasteiger partial charge in [-0.25, -0.2) is 13.8 Å². The van der Waals surface area contributed by atoms with E-state index in [9.17, 15) is 31.2 Å². The predicted molar refractivity (Wildman–Crippen MR) is 145 cm³/mol. The van der Waals surface area contributed by atoms with Crippen LogP contribution in [0.4, 0.5) is 18.9 Å². The maximum atomic E-state index is 13.2. The lowest BCUT2D eigenvalue weighted by atomic mass is 10.2. The van der Waals surface area contributed by atoms with Gasteiger partial charge in [-0.2, -0.15) is 18.3 Å². The zero-order valence-electron chi connectivity index (χ0n) is 21.0. The summed E-state index contributed by atoms with van der Waals surface area (Å²) in [5, 5.41) is 5.88. The van der Waals surface area contributed by atoms with Crippen molar-refractivity contribution in [3.05, 3.63) is 94.5 Å². The molecule has 0 unspecified atom stereocenters. The maximum absolute atomic E-state index is 13.2.